The fraction of sp³-hybridized carbons (Fsp3) is 0.238. The number of hydrogen-bond donors (Lipinski definition) is 3. The highest BCUT2D eigenvalue weighted by Gasteiger charge is 2.43. The fourth-order valence-electron chi connectivity index (χ4n) is 3.72. The first-order valence-electron chi connectivity index (χ1n) is 10.4. The minimum Gasteiger partial charge on any atom is -0.380 e. The molecule has 14 heteroatoms. The minimum absolute atomic E-state index is 0.0320. The smallest absolute Gasteiger partial charge is 0.260 e. The summed E-state index contributed by atoms with van der Waals surface area (Å²) in [6.45, 7) is 1.59. The number of aromatic nitrogens is 5. The van der Waals surface area contributed by atoms with Crippen molar-refractivity contribution in [3.63, 3.8) is 0 Å². The lowest BCUT2D eigenvalue weighted by atomic mass is 10.1. The molecule has 1 aliphatic heterocycles. The monoisotopic (exact) mass is 482 g/mol. The molecular weight excluding hydrogens is 463 g/mol. The number of nitrogen functional groups attached to an aromatic ring is 1. The summed E-state index contributed by atoms with van der Waals surface area (Å²) in [5.74, 6) is -2.57. The largest absolute Gasteiger partial charge is 0.380 e. The van der Waals surface area contributed by atoms with Crippen LogP contribution in [0.15, 0.2) is 47.4 Å². The first-order chi connectivity index (χ1) is 16.8. The second kappa shape index (κ2) is 8.73. The van der Waals surface area contributed by atoms with Gasteiger partial charge in [-0.2, -0.15) is 10.2 Å². The van der Waals surface area contributed by atoms with Crippen molar-refractivity contribution in [2.24, 2.45) is 0 Å². The van der Waals surface area contributed by atoms with Crippen molar-refractivity contribution in [2.45, 2.75) is 25.2 Å². The Morgan fingerprint density at radius 2 is 2.17 bits per heavy atom. The molecule has 180 valence electrons. The van der Waals surface area contributed by atoms with Gasteiger partial charge in [-0.3, -0.25) is 14.5 Å². The first-order valence-corrected chi connectivity index (χ1v) is 10.4. The number of ether oxygens (including phenoxy) is 1. The van der Waals surface area contributed by atoms with Gasteiger partial charge in [0.2, 0.25) is 0 Å². The van der Waals surface area contributed by atoms with Crippen LogP contribution in [-0.4, -0.2) is 66.9 Å². The zero-order valence-electron chi connectivity index (χ0n) is 18.2. The van der Waals surface area contributed by atoms with E-state index in [1.54, 1.807) is 19.1 Å². The highest BCUT2D eigenvalue weighted by molar-refractivity contribution is 6.04. The molecule has 1 aliphatic rings. The Balaban J connectivity index is 1.35. The standard InChI is InChI=1S/C21H19FN8O5/c1-10-8-29(19-14(22)9-30(27-19)12-4-5-24-25-7-12)21(33)17(34-10)16(31)20(32)26-11-2-3-13-15(6-11)35-28-18(13)23/h2-7,9-10,16-17,31H,8H2,1H3,(H2,23,28)(H,26,32). The van der Waals surface area contributed by atoms with Crippen LogP contribution in [0.4, 0.5) is 21.7 Å². The summed E-state index contributed by atoms with van der Waals surface area (Å²) >= 11 is 0. The van der Waals surface area contributed by atoms with E-state index in [-0.39, 0.29) is 23.9 Å². The molecule has 5 rings (SSSR count). The van der Waals surface area contributed by atoms with Gasteiger partial charge in [0, 0.05) is 11.8 Å². The number of anilines is 3. The Bertz CT molecular complexity index is 1410. The molecule has 0 radical (unpaired) electrons. The third kappa shape index (κ3) is 4.15. The summed E-state index contributed by atoms with van der Waals surface area (Å²) in [5, 5.41) is 28.9. The second-order valence-electron chi connectivity index (χ2n) is 7.87. The van der Waals surface area contributed by atoms with Crippen molar-refractivity contribution in [1.29, 1.82) is 0 Å². The Morgan fingerprint density at radius 1 is 1.34 bits per heavy atom. The van der Waals surface area contributed by atoms with Crippen molar-refractivity contribution in [3.05, 3.63) is 48.7 Å². The Kier molecular flexibility index (Phi) is 5.58. The molecule has 3 atom stereocenters. The number of morpholine rings is 1. The number of fused-ring (bicyclic) bond motifs is 1. The van der Waals surface area contributed by atoms with Gasteiger partial charge in [-0.05, 0) is 25.1 Å². The third-order valence-corrected chi connectivity index (χ3v) is 5.39. The number of hydrogen-bond acceptors (Lipinski definition) is 10. The van der Waals surface area contributed by atoms with E-state index in [1.165, 1.54) is 29.2 Å². The summed E-state index contributed by atoms with van der Waals surface area (Å²) in [5.41, 5.74) is 6.72. The Morgan fingerprint density at radius 3 is 2.94 bits per heavy atom. The van der Waals surface area contributed by atoms with E-state index in [1.807, 2.05) is 0 Å². The number of nitrogens with two attached hydrogens (primary N) is 1. The van der Waals surface area contributed by atoms with Gasteiger partial charge in [0.05, 0.1) is 42.3 Å². The maximum Gasteiger partial charge on any atom is 0.260 e. The Labute approximate surface area is 196 Å². The number of benzene rings is 1. The SMILES string of the molecule is CC1CN(c2nn(-c3ccnnc3)cc2F)C(=O)C(C(O)C(=O)Nc2ccc3c(N)noc3c2)O1. The quantitative estimate of drug-likeness (QED) is 0.366. The molecule has 1 fully saturated rings. The molecule has 2 amide bonds. The molecule has 4 N–H and O–H groups in total. The summed E-state index contributed by atoms with van der Waals surface area (Å²) in [4.78, 5) is 26.9. The van der Waals surface area contributed by atoms with Gasteiger partial charge in [0.1, 0.15) is 0 Å². The zero-order valence-corrected chi connectivity index (χ0v) is 18.2. The molecule has 4 heterocycles. The molecule has 1 aromatic carbocycles. The van der Waals surface area contributed by atoms with Gasteiger partial charge < -0.3 is 25.4 Å². The van der Waals surface area contributed by atoms with Crippen molar-refractivity contribution >= 4 is 40.1 Å². The third-order valence-electron chi connectivity index (χ3n) is 5.39. The molecule has 3 aromatic heterocycles. The number of rotatable bonds is 5. The van der Waals surface area contributed by atoms with E-state index in [0.29, 0.717) is 16.7 Å². The number of aliphatic hydroxyl groups excluding tert-OH is 1. The van der Waals surface area contributed by atoms with E-state index in [9.17, 15) is 19.1 Å². The molecule has 35 heavy (non-hydrogen) atoms. The summed E-state index contributed by atoms with van der Waals surface area (Å²) in [6, 6.07) is 6.16. The van der Waals surface area contributed by atoms with Gasteiger partial charge in [-0.25, -0.2) is 9.07 Å². The van der Waals surface area contributed by atoms with Crippen LogP contribution in [0, 0.1) is 5.82 Å². The lowest BCUT2D eigenvalue weighted by Gasteiger charge is -2.36. The summed E-state index contributed by atoms with van der Waals surface area (Å²) in [7, 11) is 0. The molecular formula is C21H19FN8O5. The van der Waals surface area contributed by atoms with Gasteiger partial charge in [-0.1, -0.05) is 5.16 Å². The molecule has 0 bridgehead atoms. The number of carbonyl (C=O) groups excluding carboxylic acids is 2. The van der Waals surface area contributed by atoms with Gasteiger partial charge in [0.25, 0.3) is 11.8 Å². The average Bonchev–Trinajstić information content (AvgIpc) is 3.42. The van der Waals surface area contributed by atoms with Crippen LogP contribution < -0.4 is 16.0 Å². The number of amides is 2. The van der Waals surface area contributed by atoms with Crippen molar-refractivity contribution in [3.8, 4) is 5.69 Å². The Hall–Kier alpha value is -4.43. The van der Waals surface area contributed by atoms with E-state index >= 15 is 0 Å². The number of halogens is 1. The average molecular weight is 482 g/mol. The van der Waals surface area contributed by atoms with E-state index in [4.69, 9.17) is 15.0 Å². The lowest BCUT2D eigenvalue weighted by molar-refractivity contribution is -0.156. The number of aliphatic hydroxyl groups is 1. The van der Waals surface area contributed by atoms with Crippen LogP contribution in [0.1, 0.15) is 6.92 Å². The molecule has 3 unspecified atom stereocenters. The van der Waals surface area contributed by atoms with Crippen LogP contribution in [0.2, 0.25) is 0 Å². The molecule has 0 saturated carbocycles. The summed E-state index contributed by atoms with van der Waals surface area (Å²) in [6.07, 6.45) is -0.225. The molecule has 0 spiro atoms. The zero-order chi connectivity index (χ0) is 24.7. The number of nitrogens with one attached hydrogen (secondary N) is 1. The van der Waals surface area contributed by atoms with Crippen molar-refractivity contribution in [2.75, 3.05) is 22.5 Å². The van der Waals surface area contributed by atoms with Crippen molar-refractivity contribution < 1.29 is 28.3 Å². The molecule has 4 aromatic rings. The summed E-state index contributed by atoms with van der Waals surface area (Å²) < 4.78 is 26.6. The van der Waals surface area contributed by atoms with Crippen LogP contribution in [0.3, 0.4) is 0 Å². The van der Waals surface area contributed by atoms with E-state index < -0.39 is 35.9 Å². The minimum atomic E-state index is -1.89. The van der Waals surface area contributed by atoms with Gasteiger partial charge >= 0.3 is 0 Å². The van der Waals surface area contributed by atoms with Gasteiger partial charge in [0.15, 0.2) is 35.2 Å². The van der Waals surface area contributed by atoms with E-state index in [2.05, 4.69) is 25.8 Å². The topological polar surface area (TPSA) is 175 Å². The van der Waals surface area contributed by atoms with Crippen LogP contribution >= 0.6 is 0 Å². The van der Waals surface area contributed by atoms with Crippen LogP contribution in [0.25, 0.3) is 16.7 Å². The lowest BCUT2D eigenvalue weighted by Crippen LogP contribution is -2.58. The van der Waals surface area contributed by atoms with E-state index in [0.717, 1.165) is 11.1 Å². The highest BCUT2D eigenvalue weighted by Crippen LogP contribution is 2.27. The number of nitrogens with zero attached hydrogens (tertiary/aromatic N) is 6. The maximum absolute atomic E-state index is 14.8. The first kappa shape index (κ1) is 22.4. The van der Waals surface area contributed by atoms with Crippen LogP contribution in [0.5, 0.6) is 0 Å². The molecule has 0 aliphatic carbocycles. The predicted molar refractivity (Wildman–Crippen MR) is 119 cm³/mol. The molecule has 1 saturated heterocycles. The van der Waals surface area contributed by atoms with Gasteiger partial charge in [-0.15, -0.1) is 5.10 Å². The second-order valence-corrected chi connectivity index (χ2v) is 7.87. The maximum atomic E-state index is 14.8. The van der Waals surface area contributed by atoms with Crippen molar-refractivity contribution in [1.82, 2.24) is 25.1 Å². The normalized spacial score (nSPS) is 19.2. The highest BCUT2D eigenvalue weighted by atomic mass is 19.1. The fourth-order valence-corrected chi connectivity index (χ4v) is 3.72. The van der Waals surface area contributed by atoms with Crippen LogP contribution in [-0.2, 0) is 14.3 Å². The number of carbonyl (C=O) groups is 2. The predicted octanol–water partition coefficient (Wildman–Crippen LogP) is 0.645. The molecule has 13 nitrogen and oxygen atoms in total.